The van der Waals surface area contributed by atoms with Crippen LogP contribution in [0.25, 0.3) is 0 Å². The molecule has 0 aliphatic heterocycles. The van der Waals surface area contributed by atoms with Crippen LogP contribution in [0, 0.1) is 0 Å². The van der Waals surface area contributed by atoms with Crippen LogP contribution in [-0.2, 0) is 0 Å². The van der Waals surface area contributed by atoms with Crippen LogP contribution < -0.4 is 10.6 Å². The van der Waals surface area contributed by atoms with Gasteiger partial charge in [0, 0.05) is 38.2 Å². The average Bonchev–Trinajstić information content (AvgIpc) is 2.43. The highest BCUT2D eigenvalue weighted by molar-refractivity contribution is 5.99. The zero-order chi connectivity index (χ0) is 13.4. The second-order valence-corrected chi connectivity index (χ2v) is 3.95. The number of amides is 1. The Hall–Kier alpha value is -1.62. The number of hydrogen-bond acceptors (Lipinski definition) is 4. The molecule has 0 unspecified atom stereocenters. The number of carbonyl (C=O) groups excluding carboxylic acids is 1. The zero-order valence-corrected chi connectivity index (χ0v) is 11.4. The lowest BCUT2D eigenvalue weighted by Gasteiger charge is -2.18. The Morgan fingerprint density at radius 1 is 1.39 bits per heavy atom. The summed E-state index contributed by atoms with van der Waals surface area (Å²) in [5.41, 5.74) is 1.38. The molecular formula is C13H22N4O. The number of hydrogen-bond donors (Lipinski definition) is 2. The monoisotopic (exact) mass is 250 g/mol. The number of pyridine rings is 1. The van der Waals surface area contributed by atoms with E-state index in [1.165, 1.54) is 0 Å². The van der Waals surface area contributed by atoms with Crippen LogP contribution in [0.3, 0.4) is 0 Å². The third-order valence-electron chi connectivity index (χ3n) is 2.94. The summed E-state index contributed by atoms with van der Waals surface area (Å²) >= 11 is 0. The van der Waals surface area contributed by atoms with E-state index in [1.807, 2.05) is 0 Å². The fourth-order valence-electron chi connectivity index (χ4n) is 1.76. The molecule has 1 heterocycles. The van der Waals surface area contributed by atoms with E-state index in [4.69, 9.17) is 0 Å². The Bertz CT molecular complexity index is 377. The molecule has 1 aromatic rings. The molecule has 1 aromatic heterocycles. The van der Waals surface area contributed by atoms with Gasteiger partial charge in [-0.15, -0.1) is 0 Å². The average molecular weight is 250 g/mol. The largest absolute Gasteiger partial charge is 0.387 e. The van der Waals surface area contributed by atoms with Crippen LogP contribution in [0.15, 0.2) is 18.5 Å². The van der Waals surface area contributed by atoms with Crippen molar-refractivity contribution in [3.05, 3.63) is 24.0 Å². The lowest BCUT2D eigenvalue weighted by molar-refractivity contribution is 0.0949. The molecule has 0 saturated carbocycles. The van der Waals surface area contributed by atoms with Crippen molar-refractivity contribution in [2.75, 3.05) is 38.5 Å². The van der Waals surface area contributed by atoms with Crippen LogP contribution in [0.2, 0.25) is 0 Å². The standard InChI is InChI=1S/C13H22N4O/c1-4-17(5-2)9-8-16-13(18)11-10-15-7-6-12(11)14-3/h6-7,10H,4-5,8-9H2,1-3H3,(H,14,15)(H,16,18). The van der Waals surface area contributed by atoms with Crippen molar-refractivity contribution in [2.24, 2.45) is 0 Å². The first-order chi connectivity index (χ1) is 8.72. The predicted octanol–water partition coefficient (Wildman–Crippen LogP) is 1.19. The van der Waals surface area contributed by atoms with E-state index in [1.54, 1.807) is 25.5 Å². The number of nitrogens with zero attached hydrogens (tertiary/aromatic N) is 2. The lowest BCUT2D eigenvalue weighted by atomic mass is 10.2. The topological polar surface area (TPSA) is 57.3 Å². The van der Waals surface area contributed by atoms with Gasteiger partial charge < -0.3 is 15.5 Å². The molecule has 1 amide bonds. The van der Waals surface area contributed by atoms with Crippen LogP contribution >= 0.6 is 0 Å². The van der Waals surface area contributed by atoms with Crippen LogP contribution in [0.4, 0.5) is 5.69 Å². The molecule has 0 fully saturated rings. The van der Waals surface area contributed by atoms with Gasteiger partial charge in [-0.3, -0.25) is 9.78 Å². The van der Waals surface area contributed by atoms with E-state index in [2.05, 4.69) is 34.4 Å². The fourth-order valence-corrected chi connectivity index (χ4v) is 1.76. The van der Waals surface area contributed by atoms with Crippen molar-refractivity contribution in [1.82, 2.24) is 15.2 Å². The highest BCUT2D eigenvalue weighted by Gasteiger charge is 2.10. The third-order valence-corrected chi connectivity index (χ3v) is 2.94. The summed E-state index contributed by atoms with van der Waals surface area (Å²) in [7, 11) is 1.79. The van der Waals surface area contributed by atoms with E-state index in [0.29, 0.717) is 12.1 Å². The highest BCUT2D eigenvalue weighted by atomic mass is 16.1. The highest BCUT2D eigenvalue weighted by Crippen LogP contribution is 2.11. The number of aromatic nitrogens is 1. The molecule has 5 nitrogen and oxygen atoms in total. The Labute approximate surface area is 109 Å². The molecule has 0 radical (unpaired) electrons. The fraction of sp³-hybridized carbons (Fsp3) is 0.538. The SMILES string of the molecule is CCN(CC)CCNC(=O)c1cnccc1NC. The van der Waals surface area contributed by atoms with Gasteiger partial charge in [-0.25, -0.2) is 0 Å². The Morgan fingerprint density at radius 3 is 2.72 bits per heavy atom. The molecule has 5 heteroatoms. The van der Waals surface area contributed by atoms with Gasteiger partial charge >= 0.3 is 0 Å². The molecule has 1 rings (SSSR count). The van der Waals surface area contributed by atoms with E-state index in [9.17, 15) is 4.79 Å². The van der Waals surface area contributed by atoms with Gasteiger partial charge in [-0.1, -0.05) is 13.8 Å². The summed E-state index contributed by atoms with van der Waals surface area (Å²) in [5, 5.41) is 5.90. The lowest BCUT2D eigenvalue weighted by Crippen LogP contribution is -2.35. The van der Waals surface area contributed by atoms with Crippen molar-refractivity contribution in [3.8, 4) is 0 Å². The molecular weight excluding hydrogens is 228 g/mol. The van der Waals surface area contributed by atoms with Crippen LogP contribution in [-0.4, -0.2) is 49.0 Å². The Morgan fingerprint density at radius 2 is 2.11 bits per heavy atom. The minimum atomic E-state index is -0.0837. The maximum absolute atomic E-state index is 12.0. The molecule has 0 atom stereocenters. The van der Waals surface area contributed by atoms with E-state index >= 15 is 0 Å². The van der Waals surface area contributed by atoms with Crippen molar-refractivity contribution in [3.63, 3.8) is 0 Å². The minimum absolute atomic E-state index is 0.0837. The van der Waals surface area contributed by atoms with Gasteiger partial charge in [0.2, 0.25) is 0 Å². The number of rotatable bonds is 7. The van der Waals surface area contributed by atoms with Crippen molar-refractivity contribution >= 4 is 11.6 Å². The quantitative estimate of drug-likeness (QED) is 0.763. The summed E-state index contributed by atoms with van der Waals surface area (Å²) < 4.78 is 0. The van der Waals surface area contributed by atoms with Crippen LogP contribution in [0.1, 0.15) is 24.2 Å². The maximum atomic E-state index is 12.0. The molecule has 0 aliphatic carbocycles. The number of likely N-dealkylation sites (N-methyl/N-ethyl adjacent to an activating group) is 1. The molecule has 2 N–H and O–H groups in total. The Balaban J connectivity index is 2.50. The number of nitrogens with one attached hydrogen (secondary N) is 2. The third kappa shape index (κ3) is 4.00. The molecule has 0 bridgehead atoms. The summed E-state index contributed by atoms with van der Waals surface area (Å²) in [6.07, 6.45) is 3.25. The van der Waals surface area contributed by atoms with E-state index in [0.717, 1.165) is 25.3 Å². The number of carbonyl (C=O) groups is 1. The second kappa shape index (κ2) is 7.66. The Kier molecular flexibility index (Phi) is 6.14. The maximum Gasteiger partial charge on any atom is 0.254 e. The summed E-state index contributed by atoms with van der Waals surface area (Å²) in [6, 6.07) is 1.79. The van der Waals surface area contributed by atoms with E-state index in [-0.39, 0.29) is 5.91 Å². The smallest absolute Gasteiger partial charge is 0.254 e. The summed E-state index contributed by atoms with van der Waals surface area (Å²) in [4.78, 5) is 18.2. The first-order valence-electron chi connectivity index (χ1n) is 6.35. The molecule has 0 saturated heterocycles. The normalized spacial score (nSPS) is 10.4. The van der Waals surface area contributed by atoms with Crippen molar-refractivity contribution in [2.45, 2.75) is 13.8 Å². The number of anilines is 1. The van der Waals surface area contributed by atoms with Gasteiger partial charge in [0.25, 0.3) is 5.91 Å². The zero-order valence-electron chi connectivity index (χ0n) is 11.4. The van der Waals surface area contributed by atoms with E-state index < -0.39 is 0 Å². The molecule has 0 aromatic carbocycles. The molecule has 100 valence electrons. The van der Waals surface area contributed by atoms with Crippen LogP contribution in [0.5, 0.6) is 0 Å². The minimum Gasteiger partial charge on any atom is -0.387 e. The van der Waals surface area contributed by atoms with Gasteiger partial charge in [-0.2, -0.15) is 0 Å². The van der Waals surface area contributed by atoms with Gasteiger partial charge in [0.15, 0.2) is 0 Å². The summed E-state index contributed by atoms with van der Waals surface area (Å²) in [6.45, 7) is 7.76. The summed E-state index contributed by atoms with van der Waals surface area (Å²) in [5.74, 6) is -0.0837. The van der Waals surface area contributed by atoms with Crippen molar-refractivity contribution < 1.29 is 4.79 Å². The first kappa shape index (κ1) is 14.4. The van der Waals surface area contributed by atoms with Crippen molar-refractivity contribution in [1.29, 1.82) is 0 Å². The van der Waals surface area contributed by atoms with Gasteiger partial charge in [0.1, 0.15) is 0 Å². The first-order valence-corrected chi connectivity index (χ1v) is 6.35. The predicted molar refractivity (Wildman–Crippen MR) is 73.9 cm³/mol. The second-order valence-electron chi connectivity index (χ2n) is 3.95. The van der Waals surface area contributed by atoms with Gasteiger partial charge in [-0.05, 0) is 19.2 Å². The molecule has 0 aliphatic rings. The molecule has 18 heavy (non-hydrogen) atoms. The molecule has 0 spiro atoms. The van der Waals surface area contributed by atoms with Gasteiger partial charge in [0.05, 0.1) is 5.56 Å².